The van der Waals surface area contributed by atoms with Gasteiger partial charge in [0.25, 0.3) is 0 Å². The number of rotatable bonds is 25. The van der Waals surface area contributed by atoms with Crippen LogP contribution in [0, 0.1) is 56.7 Å². The molecule has 10 aromatic rings. The zero-order chi connectivity index (χ0) is 68.3. The summed E-state index contributed by atoms with van der Waals surface area (Å²) in [5, 5.41) is 67.6. The number of hydrogen-bond acceptors (Lipinski definition) is 19. The van der Waals surface area contributed by atoms with Crippen molar-refractivity contribution in [3.63, 3.8) is 0 Å². The fraction of sp³-hybridized carbons (Fsp3) is 0.342. The number of aromatic nitrogens is 10. The molecule has 5 aromatic carbocycles. The smallest absolute Gasteiger partial charge is 0.181 e. The molecule has 0 aliphatic rings. The molecule has 5 aromatic heterocycles. The number of hydrogen-bond donors (Lipinski definition) is 1. The van der Waals surface area contributed by atoms with Crippen LogP contribution in [-0.2, 0) is 32.7 Å². The molecule has 22 heteroatoms. The molecule has 0 amide bonds. The molecule has 10 rings (SSSR count). The molecule has 95 heavy (non-hydrogen) atoms. The van der Waals surface area contributed by atoms with Gasteiger partial charge in [0, 0.05) is 49.1 Å². The second kappa shape index (κ2) is 39.6. The molecule has 0 fully saturated rings. The zero-order valence-electron chi connectivity index (χ0n) is 56.4. The Hall–Kier alpha value is -10.7. The summed E-state index contributed by atoms with van der Waals surface area (Å²) in [6.45, 7) is 19.9. The summed E-state index contributed by atoms with van der Waals surface area (Å²) in [7, 11) is 10.4. The Morgan fingerprint density at radius 1 is 0.411 bits per heavy atom. The van der Waals surface area contributed by atoms with Gasteiger partial charge in [-0.05, 0) is 203 Å². The van der Waals surface area contributed by atoms with Crippen LogP contribution in [0.15, 0.2) is 161 Å². The number of nitrogens with one attached hydrogen (secondary N) is 1. The van der Waals surface area contributed by atoms with E-state index in [1.54, 1.807) is 54.7 Å². The number of H-pyrrole nitrogens is 1. The fourth-order valence-electron chi connectivity index (χ4n) is 10.2. The Bertz CT molecular complexity index is 3440. The van der Waals surface area contributed by atoms with Gasteiger partial charge in [-0.25, -0.2) is 19.3 Å². The van der Waals surface area contributed by atoms with Crippen LogP contribution < -0.4 is 0 Å². The van der Waals surface area contributed by atoms with Crippen LogP contribution in [-0.4, -0.2) is 143 Å². The predicted molar refractivity (Wildman–Crippen MR) is 367 cm³/mol. The molecule has 0 saturated heterocycles. The van der Waals surface area contributed by atoms with E-state index in [4.69, 9.17) is 35.1 Å². The van der Waals surface area contributed by atoms with Crippen LogP contribution in [0.5, 0.6) is 0 Å². The van der Waals surface area contributed by atoms with E-state index in [1.165, 1.54) is 12.8 Å². The minimum Gasteiger partial charge on any atom is -0.446 e. The van der Waals surface area contributed by atoms with Crippen molar-refractivity contribution in [1.82, 2.24) is 74.7 Å². The molecule has 0 aliphatic heterocycles. The van der Waals surface area contributed by atoms with E-state index in [2.05, 4.69) is 165 Å². The molecule has 0 aliphatic carbocycles. The first-order chi connectivity index (χ1) is 46.2. The lowest BCUT2D eigenvalue weighted by atomic mass is 10.1. The maximum Gasteiger partial charge on any atom is 0.181 e. The molecule has 0 spiro atoms. The van der Waals surface area contributed by atoms with E-state index >= 15 is 0 Å². The summed E-state index contributed by atoms with van der Waals surface area (Å²) in [4.78, 5) is 19.7. The Kier molecular flexibility index (Phi) is 30.6. The Labute approximate surface area is 559 Å². The summed E-state index contributed by atoms with van der Waals surface area (Å²) in [5.41, 5.74) is 13.9. The van der Waals surface area contributed by atoms with Crippen molar-refractivity contribution in [2.75, 3.05) is 68.0 Å². The van der Waals surface area contributed by atoms with Crippen LogP contribution in [0.1, 0.15) is 123 Å². The van der Waals surface area contributed by atoms with Crippen molar-refractivity contribution in [1.29, 1.82) is 26.3 Å². The van der Waals surface area contributed by atoms with E-state index in [1.807, 2.05) is 94.4 Å². The zero-order valence-corrected chi connectivity index (χ0v) is 56.4. The van der Waals surface area contributed by atoms with Gasteiger partial charge < -0.3 is 28.4 Å². The molecular formula is C73H86N20O2. The maximum atomic E-state index is 8.81. The maximum absolute atomic E-state index is 8.81. The first-order valence-electron chi connectivity index (χ1n) is 31.8. The highest BCUT2D eigenvalue weighted by Gasteiger charge is 2.16. The van der Waals surface area contributed by atoms with Crippen LogP contribution in [0.2, 0.25) is 0 Å². The third-order valence-corrected chi connectivity index (χ3v) is 14.7. The molecule has 490 valence electrons. The lowest BCUT2D eigenvalue weighted by Crippen LogP contribution is -2.20. The van der Waals surface area contributed by atoms with Gasteiger partial charge in [-0.3, -0.25) is 4.90 Å². The highest BCUT2D eigenvalue weighted by molar-refractivity contribution is 5.63. The molecule has 5 heterocycles. The lowest BCUT2D eigenvalue weighted by Gasteiger charge is -2.16. The molecule has 22 nitrogen and oxygen atoms in total. The van der Waals surface area contributed by atoms with Crippen molar-refractivity contribution >= 4 is 0 Å². The van der Waals surface area contributed by atoms with Crippen LogP contribution in [0.4, 0.5) is 0 Å². The van der Waals surface area contributed by atoms with Crippen molar-refractivity contribution in [2.24, 2.45) is 0 Å². The fourth-order valence-corrected chi connectivity index (χ4v) is 10.2. The van der Waals surface area contributed by atoms with Crippen LogP contribution in [0.3, 0.4) is 0 Å². The Balaban J connectivity index is 0.000000188. The quantitative estimate of drug-likeness (QED) is 0.0556. The van der Waals surface area contributed by atoms with Gasteiger partial charge in [-0.15, -0.1) is 5.10 Å². The van der Waals surface area contributed by atoms with Gasteiger partial charge in [0.15, 0.2) is 18.5 Å². The number of benzene rings is 5. The minimum atomic E-state index is 0.646. The monoisotopic (exact) mass is 1270 g/mol. The van der Waals surface area contributed by atoms with Gasteiger partial charge in [-0.1, -0.05) is 64.1 Å². The van der Waals surface area contributed by atoms with E-state index in [0.29, 0.717) is 27.8 Å². The largest absolute Gasteiger partial charge is 0.446 e. The Morgan fingerprint density at radius 3 is 1.28 bits per heavy atom. The number of oxazole rings is 2. The summed E-state index contributed by atoms with van der Waals surface area (Å²) in [6, 6.07) is 49.6. The number of nitrogens with zero attached hydrogens (tertiary/aromatic N) is 19. The van der Waals surface area contributed by atoms with Crippen molar-refractivity contribution in [2.45, 2.75) is 99.4 Å². The standard InChI is InChI=1S/C15H18N4.2C15H17N3O.2C14H17N5/c1-3-10-18(2)12-15-8-9-17-19(15)14-6-4-13(11-16)5-7-14;1-3-8-18(2)10-14-15(17-11-19-14)13-6-4-12(9-16)5-7-13;1-3-8-18(2)10-14-15(19-11-17-14)13-6-4-12(9-16)5-7-13;1-3-8-18(2)11-14-10-16-17-19(14)13-6-4-12(9-15)5-7-13;1-3-8-19(2)10-13-14(17-18-16-13)12-6-4-11(9-15)5-7-12/h4-9H,3,10,12H2,1-2H3;2*4-7,11H,3,8,10H2,1-2H3;4-7,10H,3,8,11H2,1-2H3;4-7H,3,8,10H2,1-2H3,(H,16,17,18). The summed E-state index contributed by atoms with van der Waals surface area (Å²) < 4.78 is 14.7. The average molecular weight is 1280 g/mol. The highest BCUT2D eigenvalue weighted by Crippen LogP contribution is 2.26. The van der Waals surface area contributed by atoms with Gasteiger partial charge in [-0.2, -0.15) is 46.8 Å². The van der Waals surface area contributed by atoms with E-state index < -0.39 is 0 Å². The lowest BCUT2D eigenvalue weighted by molar-refractivity contribution is 0.296. The third kappa shape index (κ3) is 23.1. The van der Waals surface area contributed by atoms with Gasteiger partial charge >= 0.3 is 0 Å². The second-order valence-electron chi connectivity index (χ2n) is 22.8. The second-order valence-corrected chi connectivity index (χ2v) is 22.8. The molecule has 1 N–H and O–H groups in total. The van der Waals surface area contributed by atoms with Crippen molar-refractivity contribution in [3.05, 3.63) is 209 Å². The summed E-state index contributed by atoms with van der Waals surface area (Å²) in [5.74, 6) is 1.65. The number of nitriles is 5. The van der Waals surface area contributed by atoms with Crippen LogP contribution >= 0.6 is 0 Å². The van der Waals surface area contributed by atoms with Gasteiger partial charge in [0.2, 0.25) is 0 Å². The van der Waals surface area contributed by atoms with E-state index in [9.17, 15) is 0 Å². The van der Waals surface area contributed by atoms with E-state index in [0.717, 1.165) is 171 Å². The van der Waals surface area contributed by atoms with E-state index in [-0.39, 0.29) is 0 Å². The topological polar surface area (TPSA) is 277 Å². The first-order valence-corrected chi connectivity index (χ1v) is 31.8. The van der Waals surface area contributed by atoms with Gasteiger partial charge in [0.1, 0.15) is 28.5 Å². The summed E-state index contributed by atoms with van der Waals surface area (Å²) in [6.07, 6.45) is 12.1. The minimum absolute atomic E-state index is 0.646. The molecule has 0 bridgehead atoms. The van der Waals surface area contributed by atoms with Crippen LogP contribution in [0.25, 0.3) is 45.2 Å². The SMILES string of the molecule is CCCN(C)Cc1ccnn1-c1ccc(C#N)cc1.CCCN(C)Cc1cnnn1-c1ccc(C#N)cc1.CCCN(C)Cc1n[nH]nc1-c1ccc(C#N)cc1.CCCN(C)Cc1ncoc1-c1ccc(C#N)cc1.CCCN(C)Cc1ocnc1-c1ccc(C#N)cc1. The first kappa shape index (κ1) is 73.3. The predicted octanol–water partition coefficient (Wildman–Crippen LogP) is 12.9. The molecular weight excluding hydrogens is 1190 g/mol. The van der Waals surface area contributed by atoms with Crippen molar-refractivity contribution in [3.8, 4) is 75.6 Å². The molecule has 0 radical (unpaired) electrons. The normalized spacial score (nSPS) is 10.6. The highest BCUT2D eigenvalue weighted by atomic mass is 16.3. The van der Waals surface area contributed by atoms with Gasteiger partial charge in [0.05, 0.1) is 93.7 Å². The van der Waals surface area contributed by atoms with Crippen molar-refractivity contribution < 1.29 is 8.83 Å². The molecule has 0 atom stereocenters. The average Bonchev–Trinajstić information content (AvgIpc) is 1.83. The molecule has 0 saturated carbocycles. The molecule has 0 unspecified atom stereocenters. The summed E-state index contributed by atoms with van der Waals surface area (Å²) >= 11 is 0. The third-order valence-electron chi connectivity index (χ3n) is 14.7. The number of aromatic amines is 1. The Morgan fingerprint density at radius 2 is 0.811 bits per heavy atom.